The predicted octanol–water partition coefficient (Wildman–Crippen LogP) is 2.26. The Bertz CT molecular complexity index is 697. The quantitative estimate of drug-likeness (QED) is 0.810. The number of hydrogen-bond donors (Lipinski definition) is 2. The van der Waals surface area contributed by atoms with Gasteiger partial charge in [-0.25, -0.2) is 4.79 Å². The Kier molecular flexibility index (Phi) is 3.98. The first-order valence-corrected chi connectivity index (χ1v) is 9.11. The molecule has 0 bridgehead atoms. The largest absolute Gasteiger partial charge is 0.347 e. The van der Waals surface area contributed by atoms with Crippen LogP contribution in [0.3, 0.4) is 0 Å². The number of amides is 4. The number of carbonyl (C=O) groups excluding carboxylic acids is 3. The lowest BCUT2D eigenvalue weighted by Crippen LogP contribution is -2.54. The van der Waals surface area contributed by atoms with Crippen LogP contribution in [0.15, 0.2) is 30.3 Å². The van der Waals surface area contributed by atoms with E-state index in [1.807, 2.05) is 30.3 Å². The summed E-state index contributed by atoms with van der Waals surface area (Å²) in [6.45, 7) is 0. The zero-order chi connectivity index (χ0) is 17.4. The van der Waals surface area contributed by atoms with E-state index >= 15 is 0 Å². The molecule has 25 heavy (non-hydrogen) atoms. The lowest BCUT2D eigenvalue weighted by molar-refractivity contribution is -0.137. The van der Waals surface area contributed by atoms with Crippen molar-refractivity contribution in [1.82, 2.24) is 15.5 Å². The standard InChI is InChI=1S/C19H23N3O3/c23-15-10-9-14(16(20-15)13-7-3-1-4-8-13)22-17(24)19(21-18(22)25)11-5-2-6-12-19/h1,3-4,7-8,14,16H,2,5-6,9-12H2,(H,20,23)(H,21,25)/t14-,16+/m1/s1. The van der Waals surface area contributed by atoms with Crippen LogP contribution in [0.25, 0.3) is 0 Å². The molecule has 2 aliphatic heterocycles. The molecule has 2 atom stereocenters. The molecule has 2 saturated heterocycles. The van der Waals surface area contributed by atoms with E-state index in [4.69, 9.17) is 0 Å². The number of carbonyl (C=O) groups is 3. The van der Waals surface area contributed by atoms with Gasteiger partial charge in [-0.15, -0.1) is 0 Å². The average Bonchev–Trinajstić information content (AvgIpc) is 2.86. The van der Waals surface area contributed by atoms with Gasteiger partial charge in [-0.05, 0) is 24.8 Å². The monoisotopic (exact) mass is 341 g/mol. The Morgan fingerprint density at radius 1 is 1.00 bits per heavy atom. The van der Waals surface area contributed by atoms with Crippen LogP contribution in [0, 0.1) is 0 Å². The van der Waals surface area contributed by atoms with Gasteiger partial charge >= 0.3 is 6.03 Å². The van der Waals surface area contributed by atoms with E-state index in [-0.39, 0.29) is 29.9 Å². The second kappa shape index (κ2) is 6.17. The topological polar surface area (TPSA) is 78.5 Å². The van der Waals surface area contributed by atoms with E-state index in [9.17, 15) is 14.4 Å². The molecule has 1 spiro atoms. The fraction of sp³-hybridized carbons (Fsp3) is 0.526. The molecule has 2 heterocycles. The van der Waals surface area contributed by atoms with Crippen molar-refractivity contribution in [2.45, 2.75) is 62.6 Å². The van der Waals surface area contributed by atoms with Crippen LogP contribution in [0.5, 0.6) is 0 Å². The van der Waals surface area contributed by atoms with Crippen molar-refractivity contribution in [1.29, 1.82) is 0 Å². The number of urea groups is 1. The van der Waals surface area contributed by atoms with Crippen LogP contribution in [0.2, 0.25) is 0 Å². The maximum absolute atomic E-state index is 13.2. The highest BCUT2D eigenvalue weighted by molar-refractivity contribution is 6.07. The Hall–Kier alpha value is -2.37. The molecular formula is C19H23N3O3. The Morgan fingerprint density at radius 3 is 2.44 bits per heavy atom. The summed E-state index contributed by atoms with van der Waals surface area (Å²) in [5.74, 6) is -0.149. The zero-order valence-corrected chi connectivity index (χ0v) is 14.2. The van der Waals surface area contributed by atoms with Crippen LogP contribution in [0.4, 0.5) is 4.79 Å². The Labute approximate surface area is 147 Å². The average molecular weight is 341 g/mol. The molecule has 0 aromatic heterocycles. The molecule has 1 saturated carbocycles. The number of benzene rings is 1. The van der Waals surface area contributed by atoms with Crippen molar-refractivity contribution in [3.8, 4) is 0 Å². The second-order valence-electron chi connectivity index (χ2n) is 7.31. The summed E-state index contributed by atoms with van der Waals surface area (Å²) in [6.07, 6.45) is 5.29. The molecular weight excluding hydrogens is 318 g/mol. The number of imide groups is 1. The third-order valence-corrected chi connectivity index (χ3v) is 5.76. The lowest BCUT2D eigenvalue weighted by Gasteiger charge is -2.38. The maximum Gasteiger partial charge on any atom is 0.325 e. The van der Waals surface area contributed by atoms with Crippen molar-refractivity contribution in [2.75, 3.05) is 0 Å². The highest BCUT2D eigenvalue weighted by Crippen LogP contribution is 2.38. The number of rotatable bonds is 2. The van der Waals surface area contributed by atoms with Crippen molar-refractivity contribution < 1.29 is 14.4 Å². The van der Waals surface area contributed by atoms with E-state index in [1.165, 1.54) is 4.90 Å². The summed E-state index contributed by atoms with van der Waals surface area (Å²) in [6, 6.07) is 8.58. The van der Waals surface area contributed by atoms with Crippen molar-refractivity contribution in [3.05, 3.63) is 35.9 Å². The number of hydrogen-bond acceptors (Lipinski definition) is 3. The van der Waals surface area contributed by atoms with E-state index in [2.05, 4.69) is 10.6 Å². The number of piperidine rings is 1. The van der Waals surface area contributed by atoms with E-state index in [1.54, 1.807) is 0 Å². The van der Waals surface area contributed by atoms with Gasteiger partial charge in [-0.1, -0.05) is 49.6 Å². The Balaban J connectivity index is 1.65. The molecule has 0 unspecified atom stereocenters. The summed E-state index contributed by atoms with van der Waals surface area (Å²) in [7, 11) is 0. The summed E-state index contributed by atoms with van der Waals surface area (Å²) >= 11 is 0. The normalized spacial score (nSPS) is 28.8. The zero-order valence-electron chi connectivity index (χ0n) is 14.2. The third-order valence-electron chi connectivity index (χ3n) is 5.76. The molecule has 3 aliphatic rings. The third kappa shape index (κ3) is 2.69. The van der Waals surface area contributed by atoms with Gasteiger partial charge in [0.2, 0.25) is 5.91 Å². The Morgan fingerprint density at radius 2 is 1.72 bits per heavy atom. The molecule has 0 radical (unpaired) electrons. The van der Waals surface area contributed by atoms with Gasteiger partial charge in [0.15, 0.2) is 0 Å². The highest BCUT2D eigenvalue weighted by atomic mass is 16.2. The van der Waals surface area contributed by atoms with E-state index < -0.39 is 5.54 Å². The molecule has 3 fully saturated rings. The second-order valence-corrected chi connectivity index (χ2v) is 7.31. The summed E-state index contributed by atoms with van der Waals surface area (Å²) in [4.78, 5) is 39.2. The minimum absolute atomic E-state index is 0.0375. The minimum Gasteiger partial charge on any atom is -0.347 e. The fourth-order valence-corrected chi connectivity index (χ4v) is 4.47. The molecule has 6 heteroatoms. The highest BCUT2D eigenvalue weighted by Gasteiger charge is 2.54. The summed E-state index contributed by atoms with van der Waals surface area (Å²) < 4.78 is 0. The first kappa shape index (κ1) is 16.1. The molecule has 1 aliphatic carbocycles. The fourth-order valence-electron chi connectivity index (χ4n) is 4.47. The summed E-state index contributed by atoms with van der Waals surface area (Å²) in [5, 5.41) is 5.95. The van der Waals surface area contributed by atoms with Crippen molar-refractivity contribution >= 4 is 17.8 Å². The molecule has 6 nitrogen and oxygen atoms in total. The van der Waals surface area contributed by atoms with E-state index in [0.29, 0.717) is 25.7 Å². The van der Waals surface area contributed by atoms with Crippen LogP contribution < -0.4 is 10.6 Å². The summed E-state index contributed by atoms with van der Waals surface area (Å²) in [5.41, 5.74) is 0.198. The number of nitrogens with zero attached hydrogens (tertiary/aromatic N) is 1. The molecule has 1 aromatic carbocycles. The van der Waals surface area contributed by atoms with E-state index in [0.717, 1.165) is 24.8 Å². The lowest BCUT2D eigenvalue weighted by atomic mass is 9.81. The van der Waals surface area contributed by atoms with Crippen LogP contribution in [0.1, 0.15) is 56.6 Å². The predicted molar refractivity (Wildman–Crippen MR) is 91.5 cm³/mol. The maximum atomic E-state index is 13.2. The smallest absolute Gasteiger partial charge is 0.325 e. The van der Waals surface area contributed by atoms with Gasteiger partial charge in [0.25, 0.3) is 5.91 Å². The van der Waals surface area contributed by atoms with Crippen molar-refractivity contribution in [2.24, 2.45) is 0 Å². The van der Waals surface area contributed by atoms with Gasteiger partial charge < -0.3 is 10.6 Å². The van der Waals surface area contributed by atoms with Gasteiger partial charge in [0.1, 0.15) is 5.54 Å². The van der Waals surface area contributed by atoms with Gasteiger partial charge in [0.05, 0.1) is 12.1 Å². The first-order chi connectivity index (χ1) is 12.1. The SMILES string of the molecule is O=C1CC[C@@H](N2C(=O)NC3(CCCCC3)C2=O)[C@H](c2ccccc2)N1. The van der Waals surface area contributed by atoms with Gasteiger partial charge in [-0.2, -0.15) is 0 Å². The molecule has 2 N–H and O–H groups in total. The van der Waals surface area contributed by atoms with Crippen LogP contribution in [-0.4, -0.2) is 34.3 Å². The van der Waals surface area contributed by atoms with Crippen LogP contribution >= 0.6 is 0 Å². The minimum atomic E-state index is -0.724. The molecule has 4 rings (SSSR count). The molecule has 132 valence electrons. The first-order valence-electron chi connectivity index (χ1n) is 9.11. The molecule has 4 amide bonds. The number of nitrogens with one attached hydrogen (secondary N) is 2. The van der Waals surface area contributed by atoms with Crippen LogP contribution in [-0.2, 0) is 9.59 Å². The van der Waals surface area contributed by atoms with Gasteiger partial charge in [-0.3, -0.25) is 14.5 Å². The molecule has 1 aromatic rings. The van der Waals surface area contributed by atoms with Gasteiger partial charge in [0, 0.05) is 6.42 Å². The van der Waals surface area contributed by atoms with Crippen molar-refractivity contribution in [3.63, 3.8) is 0 Å².